The van der Waals surface area contributed by atoms with Gasteiger partial charge in [-0.2, -0.15) is 0 Å². The third kappa shape index (κ3) is 4.04. The molecule has 0 aromatic heterocycles. The lowest BCUT2D eigenvalue weighted by Crippen LogP contribution is -2.24. The molecule has 0 radical (unpaired) electrons. The number of aliphatic carboxylic acids is 1. The van der Waals surface area contributed by atoms with Gasteiger partial charge in [0.1, 0.15) is 6.10 Å². The summed E-state index contributed by atoms with van der Waals surface area (Å²) in [5.74, 6) is -1.39. The van der Waals surface area contributed by atoms with E-state index in [0.29, 0.717) is 13.2 Å². The minimum atomic E-state index is -0.853. The molecule has 1 aliphatic heterocycles. The third-order valence-corrected chi connectivity index (χ3v) is 1.83. The van der Waals surface area contributed by atoms with Crippen LogP contribution in [0.15, 0.2) is 0 Å². The van der Waals surface area contributed by atoms with Crippen LogP contribution in [0.1, 0.15) is 20.3 Å². The van der Waals surface area contributed by atoms with Crippen LogP contribution in [0.2, 0.25) is 0 Å². The number of carboxylic acid groups (broad SMARTS) is 1. The Morgan fingerprint density at radius 1 is 1.64 bits per heavy atom. The van der Waals surface area contributed by atoms with Gasteiger partial charge >= 0.3 is 5.97 Å². The van der Waals surface area contributed by atoms with Crippen molar-refractivity contribution in [3.63, 3.8) is 0 Å². The molecule has 1 fully saturated rings. The van der Waals surface area contributed by atoms with Gasteiger partial charge in [-0.1, -0.05) is 0 Å². The quantitative estimate of drug-likeness (QED) is 0.665. The number of hydrogen-bond acceptors (Lipinski definition) is 4. The SMILES string of the molecule is CC1(C)OCC(COCCC(=O)O)O1. The highest BCUT2D eigenvalue weighted by Gasteiger charge is 2.32. The van der Waals surface area contributed by atoms with Crippen LogP contribution in [-0.2, 0) is 19.0 Å². The Balaban J connectivity index is 2.06. The van der Waals surface area contributed by atoms with Crippen molar-refractivity contribution in [2.45, 2.75) is 32.2 Å². The van der Waals surface area contributed by atoms with Gasteiger partial charge in [0.05, 0.1) is 26.2 Å². The molecular weight excluding hydrogens is 188 g/mol. The summed E-state index contributed by atoms with van der Waals surface area (Å²) in [6.07, 6.45) is -0.0597. The van der Waals surface area contributed by atoms with E-state index in [4.69, 9.17) is 19.3 Å². The van der Waals surface area contributed by atoms with Crippen molar-refractivity contribution in [2.75, 3.05) is 19.8 Å². The molecule has 0 spiro atoms. The summed E-state index contributed by atoms with van der Waals surface area (Å²) < 4.78 is 15.9. The molecule has 14 heavy (non-hydrogen) atoms. The highest BCUT2D eigenvalue weighted by Crippen LogP contribution is 2.22. The highest BCUT2D eigenvalue weighted by atomic mass is 16.7. The molecule has 1 unspecified atom stereocenters. The van der Waals surface area contributed by atoms with Gasteiger partial charge in [-0.15, -0.1) is 0 Å². The van der Waals surface area contributed by atoms with E-state index in [1.165, 1.54) is 0 Å². The number of hydrogen-bond donors (Lipinski definition) is 1. The van der Waals surface area contributed by atoms with Crippen LogP contribution in [0.3, 0.4) is 0 Å². The zero-order valence-corrected chi connectivity index (χ0v) is 8.49. The molecule has 0 amide bonds. The maximum atomic E-state index is 10.2. The van der Waals surface area contributed by atoms with Crippen LogP contribution < -0.4 is 0 Å². The Kier molecular flexibility index (Phi) is 3.86. The maximum Gasteiger partial charge on any atom is 0.305 e. The summed E-state index contributed by atoms with van der Waals surface area (Å²) in [5, 5.41) is 8.35. The molecule has 5 nitrogen and oxygen atoms in total. The van der Waals surface area contributed by atoms with Gasteiger partial charge in [0.2, 0.25) is 0 Å². The molecule has 1 heterocycles. The van der Waals surface area contributed by atoms with Gasteiger partial charge in [-0.05, 0) is 13.8 Å². The Hall–Kier alpha value is -0.650. The van der Waals surface area contributed by atoms with Gasteiger partial charge in [0, 0.05) is 0 Å². The van der Waals surface area contributed by atoms with Crippen LogP contribution in [0.4, 0.5) is 0 Å². The van der Waals surface area contributed by atoms with E-state index in [9.17, 15) is 4.79 Å². The summed E-state index contributed by atoms with van der Waals surface area (Å²) in [7, 11) is 0. The Morgan fingerprint density at radius 3 is 2.86 bits per heavy atom. The predicted molar refractivity (Wildman–Crippen MR) is 48.0 cm³/mol. The molecule has 82 valence electrons. The van der Waals surface area contributed by atoms with Crippen LogP contribution >= 0.6 is 0 Å². The van der Waals surface area contributed by atoms with E-state index in [0.717, 1.165) is 0 Å². The molecule has 0 bridgehead atoms. The molecule has 0 aromatic carbocycles. The second-order valence-corrected chi connectivity index (χ2v) is 3.67. The fourth-order valence-electron chi connectivity index (χ4n) is 1.22. The Bertz CT molecular complexity index is 201. The number of ether oxygens (including phenoxy) is 3. The Morgan fingerprint density at radius 2 is 2.36 bits per heavy atom. The van der Waals surface area contributed by atoms with Crippen LogP contribution in [0.5, 0.6) is 0 Å². The molecule has 0 aromatic rings. The van der Waals surface area contributed by atoms with Crippen LogP contribution in [0.25, 0.3) is 0 Å². The third-order valence-electron chi connectivity index (χ3n) is 1.83. The Labute approximate surface area is 82.9 Å². The molecule has 5 heteroatoms. The molecule has 1 N–H and O–H groups in total. The average Bonchev–Trinajstić information content (AvgIpc) is 2.39. The largest absolute Gasteiger partial charge is 0.481 e. The summed E-state index contributed by atoms with van der Waals surface area (Å²) in [6, 6.07) is 0. The van der Waals surface area contributed by atoms with E-state index in [2.05, 4.69) is 0 Å². The van der Waals surface area contributed by atoms with Crippen molar-refractivity contribution in [1.82, 2.24) is 0 Å². The monoisotopic (exact) mass is 204 g/mol. The molecule has 0 aliphatic carbocycles. The van der Waals surface area contributed by atoms with E-state index in [1.54, 1.807) is 0 Å². The molecule has 1 rings (SSSR count). The molecule has 1 atom stereocenters. The van der Waals surface area contributed by atoms with Gasteiger partial charge in [0.25, 0.3) is 0 Å². The number of carbonyl (C=O) groups is 1. The van der Waals surface area contributed by atoms with Crippen molar-refractivity contribution >= 4 is 5.97 Å². The van der Waals surface area contributed by atoms with E-state index < -0.39 is 11.8 Å². The van der Waals surface area contributed by atoms with Crippen molar-refractivity contribution in [2.24, 2.45) is 0 Å². The molecular formula is C9H16O5. The first-order valence-corrected chi connectivity index (χ1v) is 4.61. The smallest absolute Gasteiger partial charge is 0.305 e. The lowest BCUT2D eigenvalue weighted by molar-refractivity contribution is -0.147. The number of rotatable bonds is 5. The predicted octanol–water partition coefficient (Wildman–Crippen LogP) is 0.629. The van der Waals surface area contributed by atoms with Crippen LogP contribution in [0, 0.1) is 0 Å². The van der Waals surface area contributed by atoms with Gasteiger partial charge < -0.3 is 19.3 Å². The summed E-state index contributed by atoms with van der Waals surface area (Å²) in [6.45, 7) is 4.78. The standard InChI is InChI=1S/C9H16O5/c1-9(2)13-6-7(14-9)5-12-4-3-8(10)11/h7H,3-6H2,1-2H3,(H,10,11). The second-order valence-electron chi connectivity index (χ2n) is 3.67. The van der Waals surface area contributed by atoms with Crippen molar-refractivity contribution in [3.05, 3.63) is 0 Å². The van der Waals surface area contributed by atoms with Crippen molar-refractivity contribution in [1.29, 1.82) is 0 Å². The fraction of sp³-hybridized carbons (Fsp3) is 0.889. The lowest BCUT2D eigenvalue weighted by atomic mass is 10.4. The lowest BCUT2D eigenvalue weighted by Gasteiger charge is -2.16. The first-order valence-electron chi connectivity index (χ1n) is 4.61. The minimum absolute atomic E-state index is 0.0248. The normalized spacial score (nSPS) is 25.1. The molecule has 1 aliphatic rings. The molecule has 1 saturated heterocycles. The topological polar surface area (TPSA) is 65.0 Å². The summed E-state index contributed by atoms with van der Waals surface area (Å²) >= 11 is 0. The first-order chi connectivity index (χ1) is 6.49. The van der Waals surface area contributed by atoms with Crippen LogP contribution in [-0.4, -0.2) is 42.8 Å². The zero-order valence-electron chi connectivity index (χ0n) is 8.49. The number of carboxylic acids is 1. The highest BCUT2D eigenvalue weighted by molar-refractivity contribution is 5.66. The average molecular weight is 204 g/mol. The summed E-state index contributed by atoms with van der Waals surface area (Å²) in [4.78, 5) is 10.2. The zero-order chi connectivity index (χ0) is 10.6. The van der Waals surface area contributed by atoms with E-state index in [1.807, 2.05) is 13.8 Å². The fourth-order valence-corrected chi connectivity index (χ4v) is 1.22. The van der Waals surface area contributed by atoms with E-state index >= 15 is 0 Å². The van der Waals surface area contributed by atoms with Gasteiger partial charge in [-0.3, -0.25) is 4.79 Å². The van der Waals surface area contributed by atoms with Gasteiger partial charge in [0.15, 0.2) is 5.79 Å². The maximum absolute atomic E-state index is 10.2. The summed E-state index contributed by atoms with van der Waals surface area (Å²) in [5.41, 5.74) is 0. The first kappa shape index (κ1) is 11.4. The molecule has 0 saturated carbocycles. The van der Waals surface area contributed by atoms with Crippen molar-refractivity contribution < 1.29 is 24.1 Å². The second kappa shape index (κ2) is 4.72. The van der Waals surface area contributed by atoms with Gasteiger partial charge in [-0.25, -0.2) is 0 Å². The minimum Gasteiger partial charge on any atom is -0.481 e. The van der Waals surface area contributed by atoms with E-state index in [-0.39, 0.29) is 19.1 Å². The van der Waals surface area contributed by atoms with Crippen molar-refractivity contribution in [3.8, 4) is 0 Å².